The highest BCUT2D eigenvalue weighted by molar-refractivity contribution is 7.91. The van der Waals surface area contributed by atoms with Gasteiger partial charge in [-0.05, 0) is 24.6 Å². The summed E-state index contributed by atoms with van der Waals surface area (Å²) in [5.74, 6) is 0.0234. The number of benzene rings is 1. The van der Waals surface area contributed by atoms with Crippen LogP contribution in [0.1, 0.15) is 25.5 Å². The predicted molar refractivity (Wildman–Crippen MR) is 80.4 cm³/mol. The summed E-state index contributed by atoms with van der Waals surface area (Å²) >= 11 is 0. The van der Waals surface area contributed by atoms with Crippen LogP contribution in [0.5, 0.6) is 0 Å². The van der Waals surface area contributed by atoms with Crippen LogP contribution in [0.3, 0.4) is 0 Å². The van der Waals surface area contributed by atoms with Crippen molar-refractivity contribution in [3.05, 3.63) is 29.8 Å². The molecular weight excluding hydrogens is 278 g/mol. The van der Waals surface area contributed by atoms with Gasteiger partial charge in [0.2, 0.25) is 0 Å². The Labute approximate surface area is 119 Å². The fraction of sp³-hybridized carbons (Fsp3) is 0.462. The molecule has 2 amide bonds. The van der Waals surface area contributed by atoms with Crippen molar-refractivity contribution in [3.8, 4) is 0 Å². The third-order valence-corrected chi connectivity index (χ3v) is 4.54. The van der Waals surface area contributed by atoms with Crippen LogP contribution in [0.25, 0.3) is 0 Å². The molecule has 0 aliphatic heterocycles. The predicted octanol–water partition coefficient (Wildman–Crippen LogP) is 1.26. The van der Waals surface area contributed by atoms with Crippen molar-refractivity contribution in [1.82, 2.24) is 5.32 Å². The van der Waals surface area contributed by atoms with E-state index in [0.29, 0.717) is 5.69 Å². The number of nitrogens with one attached hydrogen (secondary N) is 2. The van der Waals surface area contributed by atoms with Gasteiger partial charge in [-0.25, -0.2) is 13.2 Å². The number of nitrogens with two attached hydrogens (primary N) is 1. The molecular formula is C13H21N3O3S. The van der Waals surface area contributed by atoms with E-state index in [0.717, 1.165) is 5.56 Å². The molecule has 0 heterocycles. The van der Waals surface area contributed by atoms with Gasteiger partial charge in [-0.1, -0.05) is 19.1 Å². The maximum atomic E-state index is 11.6. The van der Waals surface area contributed by atoms with Gasteiger partial charge < -0.3 is 16.4 Å². The summed E-state index contributed by atoms with van der Waals surface area (Å²) in [6.07, 6.45) is 0. The van der Waals surface area contributed by atoms with Crippen LogP contribution in [-0.4, -0.2) is 32.5 Å². The number of carbonyl (C=O) groups is 1. The third kappa shape index (κ3) is 5.58. The van der Waals surface area contributed by atoms with E-state index in [2.05, 4.69) is 10.6 Å². The summed E-state index contributed by atoms with van der Waals surface area (Å²) in [7, 11) is -3.06. The van der Waals surface area contributed by atoms with Crippen LogP contribution in [0.4, 0.5) is 10.5 Å². The minimum atomic E-state index is -3.06. The first-order valence-corrected chi connectivity index (χ1v) is 8.27. The smallest absolute Gasteiger partial charge is 0.319 e. The second-order valence-electron chi connectivity index (χ2n) is 4.53. The number of hydrogen-bond acceptors (Lipinski definition) is 4. The number of amides is 2. The molecule has 1 aromatic carbocycles. The Morgan fingerprint density at radius 1 is 1.30 bits per heavy atom. The maximum Gasteiger partial charge on any atom is 0.319 e. The van der Waals surface area contributed by atoms with Gasteiger partial charge in [0.25, 0.3) is 0 Å². The SMILES string of the molecule is CCS(=O)(=O)CCNC(=O)Nc1ccc(C(C)N)cc1. The molecule has 0 bridgehead atoms. The van der Waals surface area contributed by atoms with Crippen molar-refractivity contribution in [3.63, 3.8) is 0 Å². The number of sulfone groups is 1. The molecule has 112 valence electrons. The van der Waals surface area contributed by atoms with E-state index in [1.165, 1.54) is 0 Å². The van der Waals surface area contributed by atoms with E-state index < -0.39 is 15.9 Å². The lowest BCUT2D eigenvalue weighted by Crippen LogP contribution is -2.33. The van der Waals surface area contributed by atoms with E-state index in [1.807, 2.05) is 19.1 Å². The van der Waals surface area contributed by atoms with E-state index >= 15 is 0 Å². The Kier molecular flexibility index (Phi) is 5.97. The van der Waals surface area contributed by atoms with Crippen LogP contribution in [-0.2, 0) is 9.84 Å². The van der Waals surface area contributed by atoms with Crippen LogP contribution in [0, 0.1) is 0 Å². The molecule has 0 fully saturated rings. The summed E-state index contributed by atoms with van der Waals surface area (Å²) in [6.45, 7) is 3.55. The molecule has 20 heavy (non-hydrogen) atoms. The standard InChI is InChI=1S/C13H21N3O3S/c1-3-20(18,19)9-8-15-13(17)16-12-6-4-11(5-7-12)10(2)14/h4-7,10H,3,8-9,14H2,1-2H3,(H2,15,16,17). The molecule has 1 unspecified atom stereocenters. The lowest BCUT2D eigenvalue weighted by Gasteiger charge is -2.09. The average molecular weight is 299 g/mol. The second kappa shape index (κ2) is 7.25. The molecule has 1 aromatic rings. The van der Waals surface area contributed by atoms with Gasteiger partial charge in [0.1, 0.15) is 0 Å². The first-order chi connectivity index (χ1) is 9.34. The highest BCUT2D eigenvalue weighted by Crippen LogP contribution is 2.13. The van der Waals surface area contributed by atoms with Crippen molar-refractivity contribution in [2.75, 3.05) is 23.4 Å². The van der Waals surface area contributed by atoms with E-state index in [1.54, 1.807) is 19.1 Å². The largest absolute Gasteiger partial charge is 0.337 e. The third-order valence-electron chi connectivity index (χ3n) is 2.83. The van der Waals surface area contributed by atoms with Gasteiger partial charge in [-0.3, -0.25) is 0 Å². The van der Waals surface area contributed by atoms with Gasteiger partial charge in [0.05, 0.1) is 5.75 Å². The highest BCUT2D eigenvalue weighted by Gasteiger charge is 2.08. The van der Waals surface area contributed by atoms with Gasteiger partial charge in [-0.15, -0.1) is 0 Å². The normalized spacial score (nSPS) is 12.8. The molecule has 1 rings (SSSR count). The molecule has 0 spiro atoms. The van der Waals surface area contributed by atoms with Crippen LogP contribution in [0.15, 0.2) is 24.3 Å². The van der Waals surface area contributed by atoms with Crippen molar-refractivity contribution in [2.45, 2.75) is 19.9 Å². The summed E-state index contributed by atoms with van der Waals surface area (Å²) in [5, 5.41) is 5.13. The molecule has 0 radical (unpaired) electrons. The van der Waals surface area contributed by atoms with E-state index in [-0.39, 0.29) is 24.1 Å². The molecule has 6 nitrogen and oxygen atoms in total. The lowest BCUT2D eigenvalue weighted by molar-refractivity contribution is 0.252. The average Bonchev–Trinajstić information content (AvgIpc) is 2.39. The number of urea groups is 1. The van der Waals surface area contributed by atoms with Gasteiger partial charge in [-0.2, -0.15) is 0 Å². The Morgan fingerprint density at radius 2 is 1.90 bits per heavy atom. The number of carbonyl (C=O) groups excluding carboxylic acids is 1. The molecule has 0 aliphatic carbocycles. The molecule has 0 aliphatic rings. The zero-order valence-corrected chi connectivity index (χ0v) is 12.5. The Morgan fingerprint density at radius 3 is 2.40 bits per heavy atom. The number of rotatable bonds is 6. The monoisotopic (exact) mass is 299 g/mol. The zero-order valence-electron chi connectivity index (χ0n) is 11.7. The fourth-order valence-electron chi connectivity index (χ4n) is 1.51. The maximum absolute atomic E-state index is 11.6. The summed E-state index contributed by atoms with van der Waals surface area (Å²) in [6, 6.07) is 6.69. The van der Waals surface area contributed by atoms with Crippen LogP contribution < -0.4 is 16.4 Å². The Bertz CT molecular complexity index is 538. The van der Waals surface area contributed by atoms with Crippen molar-refractivity contribution < 1.29 is 13.2 Å². The Balaban J connectivity index is 2.43. The Hall–Kier alpha value is -1.60. The first-order valence-electron chi connectivity index (χ1n) is 6.45. The highest BCUT2D eigenvalue weighted by atomic mass is 32.2. The van der Waals surface area contributed by atoms with E-state index in [4.69, 9.17) is 5.73 Å². The van der Waals surface area contributed by atoms with E-state index in [9.17, 15) is 13.2 Å². The minimum Gasteiger partial charge on any atom is -0.337 e. The molecule has 0 aromatic heterocycles. The summed E-state index contributed by atoms with van der Waals surface area (Å²) < 4.78 is 22.5. The lowest BCUT2D eigenvalue weighted by atomic mass is 10.1. The minimum absolute atomic E-state index is 0.0550. The summed E-state index contributed by atoms with van der Waals surface area (Å²) in [5.41, 5.74) is 7.33. The first kappa shape index (κ1) is 16.5. The number of anilines is 1. The van der Waals surface area contributed by atoms with Crippen molar-refractivity contribution in [1.29, 1.82) is 0 Å². The van der Waals surface area contributed by atoms with Crippen molar-refractivity contribution >= 4 is 21.6 Å². The molecule has 4 N–H and O–H groups in total. The van der Waals surface area contributed by atoms with Gasteiger partial charge in [0, 0.05) is 24.0 Å². The second-order valence-corrected chi connectivity index (χ2v) is 7.00. The van der Waals surface area contributed by atoms with Crippen molar-refractivity contribution in [2.24, 2.45) is 5.73 Å². The van der Waals surface area contributed by atoms with Crippen LogP contribution in [0.2, 0.25) is 0 Å². The molecule has 1 atom stereocenters. The quantitative estimate of drug-likeness (QED) is 0.736. The zero-order chi connectivity index (χ0) is 15.2. The molecule has 7 heteroatoms. The fourth-order valence-corrected chi connectivity index (χ4v) is 2.21. The molecule has 0 saturated heterocycles. The summed E-state index contributed by atoms with van der Waals surface area (Å²) in [4.78, 5) is 11.6. The molecule has 0 saturated carbocycles. The number of hydrogen-bond donors (Lipinski definition) is 3. The van der Waals surface area contributed by atoms with Gasteiger partial charge in [0.15, 0.2) is 9.84 Å². The topological polar surface area (TPSA) is 101 Å². The van der Waals surface area contributed by atoms with Crippen LogP contribution >= 0.6 is 0 Å². The van der Waals surface area contributed by atoms with Gasteiger partial charge >= 0.3 is 6.03 Å².